The lowest BCUT2D eigenvalue weighted by Crippen LogP contribution is -2.21. The van der Waals surface area contributed by atoms with E-state index in [1.165, 1.54) is 47.9 Å². The van der Waals surface area contributed by atoms with E-state index in [9.17, 15) is 54.0 Å². The zero-order valence-electron chi connectivity index (χ0n) is 73.0. The number of rotatable bonds is 31. The zero-order chi connectivity index (χ0) is 89.0. The number of hydrogen-bond donors (Lipinski definition) is 6. The maximum absolute atomic E-state index is 12.8. The fourth-order valence-electron chi connectivity index (χ4n) is 12.3. The van der Waals surface area contributed by atoms with Crippen LogP contribution in [-0.2, 0) is 71.0 Å². The molecule has 0 fully saturated rings. The quantitative estimate of drug-likeness (QED) is 0.0102. The number of phenolic OH excluding ortho intramolecular Hbond substituents is 6. The smallest absolute Gasteiger partial charge is 0.375 e. The molecule has 0 aliphatic heterocycles. The van der Waals surface area contributed by atoms with Gasteiger partial charge in [-0.3, -0.25) is 24.0 Å². The molecule has 10 aromatic rings. The molecular formula is C100H121NO19. The predicted octanol–water partition coefficient (Wildman–Crippen LogP) is 21.8. The van der Waals surface area contributed by atoms with Gasteiger partial charge in [0.15, 0.2) is 34.6 Å². The fraction of sp³-hybridized carbons (Fsp3) is 0.360. The largest absolute Gasteiger partial charge is 0.508 e. The number of benzene rings is 9. The number of aromatic nitrogens is 1. The number of carbonyl (C=O) groups is 7. The van der Waals surface area contributed by atoms with E-state index in [4.69, 9.17) is 38.4 Å². The molecule has 9 aromatic carbocycles. The summed E-state index contributed by atoms with van der Waals surface area (Å²) in [4.78, 5) is 83.0. The van der Waals surface area contributed by atoms with Crippen molar-refractivity contribution in [1.29, 1.82) is 0 Å². The van der Waals surface area contributed by atoms with Gasteiger partial charge in [-0.1, -0.05) is 185 Å². The summed E-state index contributed by atoms with van der Waals surface area (Å²) in [7, 11) is 0. The first kappa shape index (κ1) is 98.3. The van der Waals surface area contributed by atoms with Crippen molar-refractivity contribution in [3.63, 3.8) is 0 Å². The molecule has 640 valence electrons. The van der Waals surface area contributed by atoms with Crippen LogP contribution in [-0.4, -0.2) is 89.9 Å². The number of esters is 2. The second-order valence-corrected chi connectivity index (χ2v) is 31.8. The van der Waals surface area contributed by atoms with Gasteiger partial charge in [0.2, 0.25) is 5.78 Å². The maximum atomic E-state index is 12.8. The van der Waals surface area contributed by atoms with Crippen molar-refractivity contribution in [3.05, 3.63) is 271 Å². The molecule has 0 aliphatic rings. The van der Waals surface area contributed by atoms with Gasteiger partial charge in [-0.05, 0) is 232 Å². The average molecular weight is 1640 g/mol. The summed E-state index contributed by atoms with van der Waals surface area (Å²) < 4.78 is 33.2. The molecule has 0 amide bonds. The molecular weight excluding hydrogens is 1520 g/mol. The molecule has 0 saturated heterocycles. The topological polar surface area (TPSA) is 313 Å². The molecule has 20 heteroatoms. The number of carbonyl (C=O) groups excluding carboxylic acids is 7. The van der Waals surface area contributed by atoms with Gasteiger partial charge in [0, 0.05) is 30.2 Å². The van der Waals surface area contributed by atoms with Crippen molar-refractivity contribution >= 4 is 40.9 Å². The summed E-state index contributed by atoms with van der Waals surface area (Å²) in [6.45, 7) is 38.8. The molecule has 0 bridgehead atoms. The molecule has 0 radical (unpaired) electrons. The number of aryl methyl sites for hydroxylation is 3. The van der Waals surface area contributed by atoms with Crippen molar-refractivity contribution in [2.24, 2.45) is 35.5 Å². The van der Waals surface area contributed by atoms with Crippen LogP contribution in [0.4, 0.5) is 0 Å². The van der Waals surface area contributed by atoms with Gasteiger partial charge < -0.3 is 58.8 Å². The number of ether oxygens (including phenoxy) is 5. The zero-order valence-corrected chi connectivity index (χ0v) is 73.0. The highest BCUT2D eigenvalue weighted by atomic mass is 16.5. The Hall–Kier alpha value is -12.3. The summed E-state index contributed by atoms with van der Waals surface area (Å²) in [5.74, 6) is 1.44. The molecule has 0 spiro atoms. The van der Waals surface area contributed by atoms with Crippen LogP contribution in [0, 0.1) is 56.3 Å². The van der Waals surface area contributed by atoms with Crippen molar-refractivity contribution in [2.75, 3.05) is 13.2 Å². The molecule has 0 aliphatic carbocycles. The van der Waals surface area contributed by atoms with Crippen LogP contribution in [0.5, 0.6) is 51.7 Å². The lowest BCUT2D eigenvalue weighted by atomic mass is 9.93. The van der Waals surface area contributed by atoms with Crippen molar-refractivity contribution < 1.29 is 92.4 Å². The Morgan fingerprint density at radius 1 is 0.383 bits per heavy atom. The Bertz CT molecular complexity index is 5000. The van der Waals surface area contributed by atoms with Crippen LogP contribution in [0.2, 0.25) is 0 Å². The maximum Gasteiger partial charge on any atom is 0.375 e. The fourth-order valence-corrected chi connectivity index (χ4v) is 12.3. The number of aromatic hydroxyl groups is 6. The highest BCUT2D eigenvalue weighted by molar-refractivity contribution is 6.38. The summed E-state index contributed by atoms with van der Waals surface area (Å²) in [6, 6.07) is 54.4. The molecule has 0 unspecified atom stereocenters. The van der Waals surface area contributed by atoms with Gasteiger partial charge in [-0.25, -0.2) is 9.59 Å². The van der Waals surface area contributed by atoms with E-state index < -0.39 is 29.9 Å². The van der Waals surface area contributed by atoms with Crippen molar-refractivity contribution in [3.8, 4) is 63.1 Å². The Morgan fingerprint density at radius 2 is 0.767 bits per heavy atom. The van der Waals surface area contributed by atoms with Crippen LogP contribution >= 0.6 is 0 Å². The minimum atomic E-state index is -0.984. The minimum absolute atomic E-state index is 0.0437. The molecule has 6 N–H and O–H groups in total. The predicted molar refractivity (Wildman–Crippen MR) is 469 cm³/mol. The first-order chi connectivity index (χ1) is 56.8. The first-order valence-electron chi connectivity index (χ1n) is 40.7. The van der Waals surface area contributed by atoms with E-state index in [0.29, 0.717) is 95.5 Å². The molecule has 1 aromatic heterocycles. The lowest BCUT2D eigenvalue weighted by molar-refractivity contribution is -0.153. The number of nitrogens with zero attached hydrogens (tertiary/aromatic N) is 1. The molecule has 10 rings (SSSR count). The third-order valence-electron chi connectivity index (χ3n) is 18.3. The second-order valence-electron chi connectivity index (χ2n) is 31.8. The number of hydrogen-bond acceptors (Lipinski definition) is 20. The summed E-state index contributed by atoms with van der Waals surface area (Å²) in [5, 5.41) is 59.6. The Kier molecular flexibility index (Phi) is 40.3. The van der Waals surface area contributed by atoms with Gasteiger partial charge in [-0.2, -0.15) is 0 Å². The van der Waals surface area contributed by atoms with Crippen LogP contribution in [0.15, 0.2) is 187 Å². The number of phenols is 6. The van der Waals surface area contributed by atoms with E-state index in [1.54, 1.807) is 65.0 Å². The monoisotopic (exact) mass is 1640 g/mol. The van der Waals surface area contributed by atoms with Crippen LogP contribution in [0.1, 0.15) is 230 Å². The SMILES string of the molecule is CC(=O)c1cc(CC(C)C)c(C)cc1OCc1ccccc1.CC(=O)c1cc(CC(C)C)c(O)cc1O.CC(C)C(=O)c1ccc(O)cc1O.CC(C)Cc1ccc(O)cc1O.CCOC(=O)C(=O)CC(=O)c1cc(CC(C)C)c(C)cc1OCc1ccccc1.CCOC(=O)c1cc(-c2cc(CC(C)C)c(C)cc2OCc2ccccc2)on1. The third kappa shape index (κ3) is 32.9. The summed E-state index contributed by atoms with van der Waals surface area (Å²) >= 11 is 0. The summed E-state index contributed by atoms with van der Waals surface area (Å²) in [6.07, 6.45) is 3.71. The number of ketones is 5. The lowest BCUT2D eigenvalue weighted by Gasteiger charge is -2.16. The van der Waals surface area contributed by atoms with E-state index >= 15 is 0 Å². The normalized spacial score (nSPS) is 10.7. The Morgan fingerprint density at radius 3 is 1.20 bits per heavy atom. The van der Waals surface area contributed by atoms with Crippen LogP contribution in [0.25, 0.3) is 11.3 Å². The van der Waals surface area contributed by atoms with Gasteiger partial charge in [0.05, 0.1) is 47.5 Å². The van der Waals surface area contributed by atoms with E-state index in [0.717, 1.165) is 76.3 Å². The molecule has 0 atom stereocenters. The molecule has 120 heavy (non-hydrogen) atoms. The highest BCUT2D eigenvalue weighted by Crippen LogP contribution is 2.37. The highest BCUT2D eigenvalue weighted by Gasteiger charge is 2.26. The van der Waals surface area contributed by atoms with Crippen molar-refractivity contribution in [2.45, 2.75) is 190 Å². The Labute approximate surface area is 707 Å². The first-order valence-corrected chi connectivity index (χ1v) is 40.7. The minimum Gasteiger partial charge on any atom is -0.508 e. The molecule has 0 saturated carbocycles. The van der Waals surface area contributed by atoms with Gasteiger partial charge in [0.1, 0.15) is 71.6 Å². The van der Waals surface area contributed by atoms with Gasteiger partial charge >= 0.3 is 11.9 Å². The van der Waals surface area contributed by atoms with E-state index in [1.807, 2.05) is 136 Å². The van der Waals surface area contributed by atoms with E-state index in [-0.39, 0.29) is 87.8 Å². The van der Waals surface area contributed by atoms with Gasteiger partial charge in [0.25, 0.3) is 0 Å². The third-order valence-corrected chi connectivity index (χ3v) is 18.3. The summed E-state index contributed by atoms with van der Waals surface area (Å²) in [5.41, 5.74) is 14.0. The molecule has 20 nitrogen and oxygen atoms in total. The van der Waals surface area contributed by atoms with Crippen LogP contribution < -0.4 is 14.2 Å². The standard InChI is InChI=1S/C24H27NO4.C24H28O5.C20H24O2.C12H16O3.C10H12O3.C10H14O2/c1-5-27-24(26)21-14-23(29-25-21)20-13-19(11-16(2)3)17(4)12-22(20)28-15-18-9-7-6-8-10-18;1-5-28-24(27)22(26)14-21(25)20-13-19(11-16(2)3)17(4)12-23(20)29-15-18-9-7-6-8-10-18;1-14(2)10-18-12-19(16(4)21)20(11-15(18)3)22-13-17-8-6-5-7-9-17;1-7(2)4-9-5-10(8(3)13)12(15)6-11(9)14;1-6(2)10(13)8-4-3-7(11)5-9(8)12;1-7(2)5-8-3-4-9(11)6-10(8)12/h6-10,12-14,16H,5,11,15H2,1-4H3;6-10,12-13,16H,5,11,14-15H2,1-4H3;5-9,11-12,14H,10,13H2,1-4H3;5-7,14-15H,4H2,1-3H3;3-6,11-12H,1-2H3;3-4,6-7,11-12H,5H2,1-2H3. The molecule has 1 heterocycles. The van der Waals surface area contributed by atoms with E-state index in [2.05, 4.69) is 80.5 Å². The van der Waals surface area contributed by atoms with Gasteiger partial charge in [-0.15, -0.1) is 0 Å². The number of Topliss-reactive ketones (excluding diaryl/α,β-unsaturated/α-hetero) is 5. The second kappa shape index (κ2) is 49.2. The van der Waals surface area contributed by atoms with Crippen molar-refractivity contribution in [1.82, 2.24) is 5.16 Å². The van der Waals surface area contributed by atoms with Crippen LogP contribution in [0.3, 0.4) is 0 Å². The Balaban J connectivity index is 0.000000265. The average Bonchev–Trinajstić information content (AvgIpc) is 1.50.